The normalized spacial score (nSPS) is 25.9. The largest absolute Gasteiger partial charge is 0.318 e. The third kappa shape index (κ3) is 1.80. The lowest BCUT2D eigenvalue weighted by atomic mass is 10.1. The van der Waals surface area contributed by atoms with Gasteiger partial charge in [0.25, 0.3) is 0 Å². The van der Waals surface area contributed by atoms with Crippen LogP contribution in [0.4, 0.5) is 0 Å². The van der Waals surface area contributed by atoms with Gasteiger partial charge >= 0.3 is 0 Å². The zero-order valence-corrected chi connectivity index (χ0v) is 10.5. The molecule has 0 bridgehead atoms. The summed E-state index contributed by atoms with van der Waals surface area (Å²) in [5.41, 5.74) is 1.29. The van der Waals surface area contributed by atoms with Crippen LogP contribution in [0.1, 0.15) is 11.6 Å². The zero-order valence-electron chi connectivity index (χ0n) is 9.65. The van der Waals surface area contributed by atoms with E-state index in [4.69, 9.17) is 4.99 Å². The third-order valence-corrected chi connectivity index (χ3v) is 4.03. The van der Waals surface area contributed by atoms with Crippen molar-refractivity contribution in [2.45, 2.75) is 11.4 Å². The SMILES string of the molecule is CSC1C(c2ccccc2)N=C2C=CC=CN21. The summed E-state index contributed by atoms with van der Waals surface area (Å²) in [6.45, 7) is 0. The average molecular weight is 242 g/mol. The Labute approximate surface area is 106 Å². The first kappa shape index (κ1) is 10.7. The topological polar surface area (TPSA) is 15.6 Å². The number of rotatable bonds is 2. The molecule has 0 radical (unpaired) electrons. The van der Waals surface area contributed by atoms with Gasteiger partial charge in [-0.3, -0.25) is 4.99 Å². The van der Waals surface area contributed by atoms with Crippen LogP contribution in [0, 0.1) is 0 Å². The molecule has 2 aliphatic heterocycles. The number of amidine groups is 1. The Morgan fingerprint density at radius 3 is 2.76 bits per heavy atom. The summed E-state index contributed by atoms with van der Waals surface area (Å²) in [4.78, 5) is 7.07. The molecule has 0 saturated heterocycles. The lowest BCUT2D eigenvalue weighted by molar-refractivity contribution is 0.507. The quantitative estimate of drug-likeness (QED) is 0.791. The van der Waals surface area contributed by atoms with Crippen LogP contribution in [0.15, 0.2) is 59.8 Å². The molecular formula is C14H14N2S. The fourth-order valence-electron chi connectivity index (χ4n) is 2.26. The van der Waals surface area contributed by atoms with E-state index >= 15 is 0 Å². The summed E-state index contributed by atoms with van der Waals surface area (Å²) in [7, 11) is 0. The Morgan fingerprint density at radius 1 is 1.18 bits per heavy atom. The predicted octanol–water partition coefficient (Wildman–Crippen LogP) is 3.21. The van der Waals surface area contributed by atoms with Gasteiger partial charge in [-0.25, -0.2) is 0 Å². The monoisotopic (exact) mass is 242 g/mol. The van der Waals surface area contributed by atoms with Gasteiger partial charge in [-0.15, -0.1) is 11.8 Å². The van der Waals surface area contributed by atoms with Crippen molar-refractivity contribution in [3.05, 3.63) is 60.3 Å². The summed E-state index contributed by atoms with van der Waals surface area (Å²) in [5, 5.41) is 0.369. The molecule has 3 rings (SSSR count). The summed E-state index contributed by atoms with van der Waals surface area (Å²) >= 11 is 1.85. The minimum Gasteiger partial charge on any atom is -0.318 e. The molecule has 2 aliphatic rings. The van der Waals surface area contributed by atoms with Gasteiger partial charge in [0.05, 0.1) is 0 Å². The number of fused-ring (bicyclic) bond motifs is 1. The molecule has 0 aliphatic carbocycles. The van der Waals surface area contributed by atoms with Gasteiger partial charge < -0.3 is 4.90 Å². The summed E-state index contributed by atoms with van der Waals surface area (Å²) in [5.74, 6) is 1.07. The van der Waals surface area contributed by atoms with Crippen molar-refractivity contribution in [3.63, 3.8) is 0 Å². The van der Waals surface area contributed by atoms with E-state index in [2.05, 4.69) is 53.8 Å². The van der Waals surface area contributed by atoms with E-state index in [1.165, 1.54) is 5.56 Å². The van der Waals surface area contributed by atoms with E-state index in [-0.39, 0.29) is 6.04 Å². The van der Waals surface area contributed by atoms with Crippen molar-refractivity contribution < 1.29 is 0 Å². The number of nitrogens with zero attached hydrogens (tertiary/aromatic N) is 2. The molecule has 0 saturated carbocycles. The van der Waals surface area contributed by atoms with Gasteiger partial charge in [-0.2, -0.15) is 0 Å². The molecule has 86 valence electrons. The lowest BCUT2D eigenvalue weighted by Gasteiger charge is -2.26. The maximum Gasteiger partial charge on any atom is 0.129 e. The van der Waals surface area contributed by atoms with E-state index in [0.717, 1.165) is 5.84 Å². The third-order valence-electron chi connectivity index (χ3n) is 3.07. The summed E-state index contributed by atoms with van der Waals surface area (Å²) in [6.07, 6.45) is 10.4. The number of hydrogen-bond donors (Lipinski definition) is 0. The first-order valence-corrected chi connectivity index (χ1v) is 6.98. The van der Waals surface area contributed by atoms with Crippen LogP contribution in [-0.4, -0.2) is 22.4 Å². The smallest absolute Gasteiger partial charge is 0.129 e. The number of benzene rings is 1. The van der Waals surface area contributed by atoms with E-state index < -0.39 is 0 Å². The Bertz CT molecular complexity index is 490. The Balaban J connectivity index is 1.98. The fourth-order valence-corrected chi connectivity index (χ4v) is 3.14. The van der Waals surface area contributed by atoms with Crippen molar-refractivity contribution in [2.24, 2.45) is 4.99 Å². The molecule has 2 heterocycles. The van der Waals surface area contributed by atoms with Crippen LogP contribution < -0.4 is 0 Å². The Kier molecular flexibility index (Phi) is 2.77. The second-order valence-electron chi connectivity index (χ2n) is 4.08. The number of allylic oxidation sites excluding steroid dienone is 2. The average Bonchev–Trinajstić information content (AvgIpc) is 2.78. The molecule has 0 aromatic heterocycles. The van der Waals surface area contributed by atoms with Gasteiger partial charge in [-0.05, 0) is 24.0 Å². The van der Waals surface area contributed by atoms with Crippen molar-refractivity contribution in [1.82, 2.24) is 4.90 Å². The maximum atomic E-state index is 4.82. The van der Waals surface area contributed by atoms with E-state index in [1.54, 1.807) is 0 Å². The van der Waals surface area contributed by atoms with E-state index in [0.29, 0.717) is 5.37 Å². The molecule has 17 heavy (non-hydrogen) atoms. The molecule has 0 N–H and O–H groups in total. The minimum absolute atomic E-state index is 0.230. The standard InChI is InChI=1S/C14H14N2S/c1-17-14-13(11-7-3-2-4-8-11)15-12-9-5-6-10-16(12)14/h2-10,13-14H,1H3. The predicted molar refractivity (Wildman–Crippen MR) is 74.0 cm³/mol. The Hall–Kier alpha value is -1.48. The molecule has 1 aromatic carbocycles. The molecule has 1 aromatic rings. The van der Waals surface area contributed by atoms with Gasteiger partial charge in [0, 0.05) is 6.20 Å². The highest BCUT2D eigenvalue weighted by Gasteiger charge is 2.34. The molecule has 0 spiro atoms. The van der Waals surface area contributed by atoms with Gasteiger partial charge in [0.1, 0.15) is 17.3 Å². The number of thioether (sulfide) groups is 1. The molecule has 0 fully saturated rings. The van der Waals surface area contributed by atoms with Gasteiger partial charge in [0.15, 0.2) is 0 Å². The molecule has 2 unspecified atom stereocenters. The van der Waals surface area contributed by atoms with Crippen LogP contribution in [0.3, 0.4) is 0 Å². The highest BCUT2D eigenvalue weighted by molar-refractivity contribution is 7.99. The zero-order chi connectivity index (χ0) is 11.7. The second-order valence-corrected chi connectivity index (χ2v) is 5.03. The number of hydrogen-bond acceptors (Lipinski definition) is 3. The van der Waals surface area contributed by atoms with Crippen molar-refractivity contribution in [3.8, 4) is 0 Å². The summed E-state index contributed by atoms with van der Waals surface area (Å²) < 4.78 is 0. The highest BCUT2D eigenvalue weighted by atomic mass is 32.2. The van der Waals surface area contributed by atoms with Crippen LogP contribution in [0.2, 0.25) is 0 Å². The second kappa shape index (κ2) is 4.41. The molecule has 2 atom stereocenters. The van der Waals surface area contributed by atoms with Crippen LogP contribution >= 0.6 is 11.8 Å². The van der Waals surface area contributed by atoms with Crippen LogP contribution in [-0.2, 0) is 0 Å². The lowest BCUT2D eigenvalue weighted by Crippen LogP contribution is -2.30. The molecular weight excluding hydrogens is 228 g/mol. The van der Waals surface area contributed by atoms with Gasteiger partial charge in [0.2, 0.25) is 0 Å². The van der Waals surface area contributed by atoms with Crippen LogP contribution in [0.5, 0.6) is 0 Å². The fraction of sp³-hybridized carbons (Fsp3) is 0.214. The minimum atomic E-state index is 0.230. The van der Waals surface area contributed by atoms with Crippen molar-refractivity contribution in [1.29, 1.82) is 0 Å². The van der Waals surface area contributed by atoms with Crippen molar-refractivity contribution in [2.75, 3.05) is 6.26 Å². The summed E-state index contributed by atoms with van der Waals surface area (Å²) in [6, 6.07) is 10.8. The Morgan fingerprint density at radius 2 is 2.00 bits per heavy atom. The molecule has 2 nitrogen and oxygen atoms in total. The van der Waals surface area contributed by atoms with Crippen LogP contribution in [0.25, 0.3) is 0 Å². The van der Waals surface area contributed by atoms with E-state index in [1.807, 2.05) is 23.9 Å². The number of aliphatic imine (C=N–C) groups is 1. The highest BCUT2D eigenvalue weighted by Crippen LogP contribution is 2.37. The van der Waals surface area contributed by atoms with E-state index in [9.17, 15) is 0 Å². The first-order chi connectivity index (χ1) is 8.40. The van der Waals surface area contributed by atoms with Gasteiger partial charge in [-0.1, -0.05) is 36.4 Å². The first-order valence-electron chi connectivity index (χ1n) is 5.69. The van der Waals surface area contributed by atoms with Crippen molar-refractivity contribution >= 4 is 17.6 Å². The maximum absolute atomic E-state index is 4.82. The molecule has 3 heteroatoms. The molecule has 0 amide bonds.